The molecule has 0 unspecified atom stereocenters. The highest BCUT2D eigenvalue weighted by Crippen LogP contribution is 2.35. The summed E-state index contributed by atoms with van der Waals surface area (Å²) in [5, 5.41) is 2.82. The number of carbonyl (C=O) groups is 2. The Morgan fingerprint density at radius 2 is 1.67 bits per heavy atom. The van der Waals surface area contributed by atoms with E-state index in [1.165, 1.54) is 23.1 Å². The summed E-state index contributed by atoms with van der Waals surface area (Å²) < 4.78 is 39.8. The molecule has 0 aliphatic carbocycles. The molecule has 0 aromatic heterocycles. The quantitative estimate of drug-likeness (QED) is 0.518. The van der Waals surface area contributed by atoms with Crippen LogP contribution in [-0.2, 0) is 15.8 Å². The van der Waals surface area contributed by atoms with E-state index >= 15 is 0 Å². The number of rotatable bonds is 4. The van der Waals surface area contributed by atoms with Crippen LogP contribution in [0, 0.1) is 0 Å². The molecule has 0 saturated heterocycles. The molecule has 3 aromatic carbocycles. The molecule has 1 aliphatic heterocycles. The number of fused-ring (bicyclic) bond motifs is 1. The van der Waals surface area contributed by atoms with Gasteiger partial charge in [0.1, 0.15) is 6.54 Å². The molecule has 2 amide bonds. The van der Waals surface area contributed by atoms with E-state index < -0.39 is 30.1 Å². The second-order valence-corrected chi connectivity index (χ2v) is 7.74. The van der Waals surface area contributed by atoms with Crippen LogP contribution in [0.15, 0.2) is 77.8 Å². The number of nitrogens with one attached hydrogen (secondary N) is 1. The summed E-state index contributed by atoms with van der Waals surface area (Å²) in [6, 6.07) is 18.3. The van der Waals surface area contributed by atoms with Crippen molar-refractivity contribution < 1.29 is 22.8 Å². The molecule has 0 spiro atoms. The van der Waals surface area contributed by atoms with E-state index in [4.69, 9.17) is 11.6 Å². The van der Waals surface area contributed by atoms with Gasteiger partial charge in [0.25, 0.3) is 0 Å². The van der Waals surface area contributed by atoms with Gasteiger partial charge in [0.05, 0.1) is 34.8 Å². The van der Waals surface area contributed by atoms with E-state index in [1.54, 1.807) is 48.5 Å². The van der Waals surface area contributed by atoms with Crippen LogP contribution in [0.5, 0.6) is 0 Å². The molecule has 1 N–H and O–H groups in total. The summed E-state index contributed by atoms with van der Waals surface area (Å²) in [6.45, 7) is -0.467. The number of hydrogen-bond donors (Lipinski definition) is 1. The van der Waals surface area contributed by atoms with Gasteiger partial charge in [-0.15, -0.1) is 0 Å². The molecular weight excluding hydrogens is 455 g/mol. The zero-order valence-electron chi connectivity index (χ0n) is 17.1. The van der Waals surface area contributed by atoms with Crippen LogP contribution in [0.2, 0.25) is 5.02 Å². The molecule has 3 aromatic rings. The number of halogens is 4. The van der Waals surface area contributed by atoms with Crippen LogP contribution < -0.4 is 10.2 Å². The molecule has 1 aliphatic rings. The highest BCUT2D eigenvalue weighted by Gasteiger charge is 2.34. The van der Waals surface area contributed by atoms with Crippen LogP contribution in [-0.4, -0.2) is 24.1 Å². The maximum atomic E-state index is 13.3. The molecule has 5 nitrogen and oxygen atoms in total. The zero-order chi connectivity index (χ0) is 23.6. The fourth-order valence-electron chi connectivity index (χ4n) is 3.50. The Balaban J connectivity index is 1.61. The lowest BCUT2D eigenvalue weighted by molar-refractivity contribution is -0.137. The second kappa shape index (κ2) is 9.07. The Bertz CT molecular complexity index is 1240. The first-order valence-corrected chi connectivity index (χ1v) is 10.3. The minimum absolute atomic E-state index is 0.0945. The van der Waals surface area contributed by atoms with Gasteiger partial charge >= 0.3 is 6.18 Å². The molecule has 33 heavy (non-hydrogen) atoms. The minimum atomic E-state index is -4.63. The van der Waals surface area contributed by atoms with Crippen LogP contribution in [0.25, 0.3) is 0 Å². The van der Waals surface area contributed by atoms with E-state index in [9.17, 15) is 22.8 Å². The van der Waals surface area contributed by atoms with Crippen LogP contribution >= 0.6 is 11.6 Å². The van der Waals surface area contributed by atoms with Crippen molar-refractivity contribution in [3.05, 3.63) is 88.9 Å². The number of alkyl halides is 3. The topological polar surface area (TPSA) is 61.8 Å². The normalized spacial score (nSPS) is 13.8. The Kier molecular flexibility index (Phi) is 6.20. The molecule has 4 rings (SSSR count). The molecule has 0 fully saturated rings. The molecule has 1 heterocycles. The lowest BCUT2D eigenvalue weighted by atomic mass is 10.1. The molecule has 0 bridgehead atoms. The van der Waals surface area contributed by atoms with Crippen LogP contribution in [0.1, 0.15) is 17.5 Å². The average Bonchev–Trinajstić information content (AvgIpc) is 2.90. The Labute approximate surface area is 192 Å². The van der Waals surface area contributed by atoms with Gasteiger partial charge in [-0.25, -0.2) is 0 Å². The summed E-state index contributed by atoms with van der Waals surface area (Å²) in [7, 11) is 0. The molecule has 168 valence electrons. The largest absolute Gasteiger partial charge is 0.418 e. The van der Waals surface area contributed by atoms with Crippen molar-refractivity contribution in [3.63, 3.8) is 0 Å². The fourth-order valence-corrected chi connectivity index (χ4v) is 3.63. The zero-order valence-corrected chi connectivity index (χ0v) is 17.8. The highest BCUT2D eigenvalue weighted by atomic mass is 35.5. The average molecular weight is 472 g/mol. The lowest BCUT2D eigenvalue weighted by Crippen LogP contribution is -2.38. The lowest BCUT2D eigenvalue weighted by Gasteiger charge is -2.22. The van der Waals surface area contributed by atoms with Crippen molar-refractivity contribution in [1.29, 1.82) is 0 Å². The van der Waals surface area contributed by atoms with E-state index in [-0.39, 0.29) is 12.1 Å². The Morgan fingerprint density at radius 3 is 2.39 bits per heavy atom. The monoisotopic (exact) mass is 471 g/mol. The van der Waals surface area contributed by atoms with Gasteiger partial charge in [-0.05, 0) is 42.0 Å². The van der Waals surface area contributed by atoms with Crippen molar-refractivity contribution in [2.75, 3.05) is 16.8 Å². The number of para-hydroxylation sites is 3. The van der Waals surface area contributed by atoms with Gasteiger partial charge in [0.15, 0.2) is 0 Å². The van der Waals surface area contributed by atoms with Gasteiger partial charge in [0.2, 0.25) is 11.8 Å². The first-order chi connectivity index (χ1) is 15.7. The van der Waals surface area contributed by atoms with E-state index in [0.717, 1.165) is 6.07 Å². The number of carbonyl (C=O) groups excluding carboxylic acids is 2. The number of nitrogens with zero attached hydrogens (tertiary/aromatic N) is 2. The molecular formula is C24H17ClF3N3O2. The molecule has 9 heteroatoms. The third-order valence-corrected chi connectivity index (χ3v) is 5.29. The predicted octanol–water partition coefficient (Wildman–Crippen LogP) is 5.86. The SMILES string of the molecule is O=C(CN1C(=O)CC(c2ccc(Cl)cc2)=Nc2ccccc21)Nc1ccccc1C(F)(F)F. The number of hydrogen-bond acceptors (Lipinski definition) is 3. The van der Waals surface area contributed by atoms with Crippen molar-refractivity contribution >= 4 is 46.2 Å². The Morgan fingerprint density at radius 1 is 1.00 bits per heavy atom. The van der Waals surface area contributed by atoms with Gasteiger partial charge in [-0.1, -0.05) is 48.0 Å². The van der Waals surface area contributed by atoms with Crippen molar-refractivity contribution in [1.82, 2.24) is 0 Å². The maximum absolute atomic E-state index is 13.3. The first-order valence-electron chi connectivity index (χ1n) is 9.91. The number of anilines is 2. The smallest absolute Gasteiger partial charge is 0.324 e. The molecule has 0 saturated carbocycles. The highest BCUT2D eigenvalue weighted by molar-refractivity contribution is 6.30. The number of benzene rings is 3. The van der Waals surface area contributed by atoms with Crippen LogP contribution in [0.3, 0.4) is 0 Å². The van der Waals surface area contributed by atoms with Crippen molar-refractivity contribution in [2.45, 2.75) is 12.6 Å². The fraction of sp³-hybridized carbons (Fsp3) is 0.125. The predicted molar refractivity (Wildman–Crippen MR) is 121 cm³/mol. The van der Waals surface area contributed by atoms with E-state index in [0.29, 0.717) is 27.7 Å². The molecule has 0 radical (unpaired) electrons. The minimum Gasteiger partial charge on any atom is -0.324 e. The summed E-state index contributed by atoms with van der Waals surface area (Å²) in [5.41, 5.74) is 0.725. The molecule has 0 atom stereocenters. The second-order valence-electron chi connectivity index (χ2n) is 7.30. The summed E-state index contributed by atoms with van der Waals surface area (Å²) in [6.07, 6.45) is -4.72. The van der Waals surface area contributed by atoms with Gasteiger partial charge in [-0.3, -0.25) is 14.6 Å². The van der Waals surface area contributed by atoms with Gasteiger partial charge in [-0.2, -0.15) is 13.2 Å². The van der Waals surface area contributed by atoms with Crippen molar-refractivity contribution in [3.8, 4) is 0 Å². The third-order valence-electron chi connectivity index (χ3n) is 5.03. The van der Waals surface area contributed by atoms with Gasteiger partial charge in [0, 0.05) is 5.02 Å². The van der Waals surface area contributed by atoms with Crippen molar-refractivity contribution in [2.24, 2.45) is 4.99 Å². The summed E-state index contributed by atoms with van der Waals surface area (Å²) in [5.74, 6) is -1.17. The first kappa shape index (κ1) is 22.5. The maximum Gasteiger partial charge on any atom is 0.418 e. The summed E-state index contributed by atoms with van der Waals surface area (Å²) >= 11 is 5.95. The number of amides is 2. The number of aliphatic imine (C=N–C) groups is 1. The summed E-state index contributed by atoms with van der Waals surface area (Å²) in [4.78, 5) is 31.6. The standard InChI is InChI=1S/C24H17ClF3N3O2/c25-16-11-9-15(10-12-16)20-13-23(33)31(21-8-4-3-7-19(21)29-20)14-22(32)30-18-6-2-1-5-17(18)24(26,27)28/h1-12H,13-14H2,(H,30,32). The van der Waals surface area contributed by atoms with E-state index in [2.05, 4.69) is 10.3 Å². The Hall–Kier alpha value is -3.65. The van der Waals surface area contributed by atoms with Gasteiger partial charge < -0.3 is 10.2 Å². The third kappa shape index (κ3) is 5.06. The van der Waals surface area contributed by atoms with E-state index in [1.807, 2.05) is 0 Å². The van der Waals surface area contributed by atoms with Crippen LogP contribution in [0.4, 0.5) is 30.2 Å².